The van der Waals surface area contributed by atoms with Crippen molar-refractivity contribution in [2.45, 2.75) is 19.5 Å². The average molecular weight is 276 g/mol. The van der Waals surface area contributed by atoms with Crippen molar-refractivity contribution in [2.75, 3.05) is 19.8 Å². The van der Waals surface area contributed by atoms with Crippen LogP contribution in [0.4, 0.5) is 13.2 Å². The Hall–Kier alpha value is -1.56. The van der Waals surface area contributed by atoms with Gasteiger partial charge in [0, 0.05) is 6.42 Å². The van der Waals surface area contributed by atoms with Crippen LogP contribution in [-0.4, -0.2) is 31.8 Å². The van der Waals surface area contributed by atoms with Crippen molar-refractivity contribution >= 4 is 5.78 Å². The summed E-state index contributed by atoms with van der Waals surface area (Å²) in [7, 11) is 0. The largest absolute Gasteiger partial charge is 0.491 e. The number of hydrogen-bond acceptors (Lipinski definition) is 3. The summed E-state index contributed by atoms with van der Waals surface area (Å²) in [5.41, 5.74) is 0.869. The number of carbonyl (C=O) groups excluding carboxylic acids is 1. The summed E-state index contributed by atoms with van der Waals surface area (Å²) < 4.78 is 44.9. The van der Waals surface area contributed by atoms with Crippen LogP contribution >= 0.6 is 0 Å². The number of ether oxygens (including phenoxy) is 2. The molecule has 0 fully saturated rings. The molecule has 0 aromatic heterocycles. The highest BCUT2D eigenvalue weighted by atomic mass is 19.4. The van der Waals surface area contributed by atoms with Gasteiger partial charge in [0.1, 0.15) is 24.7 Å². The summed E-state index contributed by atoms with van der Waals surface area (Å²) in [6.07, 6.45) is -3.96. The lowest BCUT2D eigenvalue weighted by Gasteiger charge is -2.09. The van der Waals surface area contributed by atoms with Gasteiger partial charge in [-0.3, -0.25) is 4.79 Å². The van der Waals surface area contributed by atoms with Crippen LogP contribution in [0.25, 0.3) is 0 Å². The zero-order valence-electron chi connectivity index (χ0n) is 10.5. The SMILES string of the molecule is CC(=O)Cc1ccc(OCCOCC(F)(F)F)cc1. The first-order chi connectivity index (χ1) is 8.87. The monoisotopic (exact) mass is 276 g/mol. The summed E-state index contributed by atoms with van der Waals surface area (Å²) >= 11 is 0. The molecule has 0 aliphatic rings. The molecule has 0 amide bonds. The minimum Gasteiger partial charge on any atom is -0.491 e. The number of Topliss-reactive ketones (excluding diaryl/α,β-unsaturated/α-hetero) is 1. The molecule has 0 N–H and O–H groups in total. The van der Waals surface area contributed by atoms with Gasteiger partial charge in [0.25, 0.3) is 0 Å². The van der Waals surface area contributed by atoms with Gasteiger partial charge in [-0.1, -0.05) is 12.1 Å². The number of hydrogen-bond donors (Lipinski definition) is 0. The second-order valence-electron chi connectivity index (χ2n) is 4.04. The third-order valence-electron chi connectivity index (χ3n) is 2.14. The standard InChI is InChI=1S/C13H15F3O3/c1-10(17)8-11-2-4-12(5-3-11)19-7-6-18-9-13(14,15)16/h2-5H,6-9H2,1H3. The molecule has 0 saturated heterocycles. The highest BCUT2D eigenvalue weighted by Crippen LogP contribution is 2.15. The molecular formula is C13H15F3O3. The number of carbonyl (C=O) groups is 1. The summed E-state index contributed by atoms with van der Waals surface area (Å²) in [5, 5.41) is 0. The van der Waals surface area contributed by atoms with E-state index >= 15 is 0 Å². The Balaban J connectivity index is 2.25. The first-order valence-corrected chi connectivity index (χ1v) is 5.72. The van der Waals surface area contributed by atoms with E-state index < -0.39 is 12.8 Å². The fraction of sp³-hybridized carbons (Fsp3) is 0.462. The molecule has 0 aliphatic heterocycles. The number of halogens is 3. The highest BCUT2D eigenvalue weighted by molar-refractivity contribution is 5.78. The zero-order chi connectivity index (χ0) is 14.3. The fourth-order valence-corrected chi connectivity index (χ4v) is 1.40. The Bertz CT molecular complexity index is 399. The Morgan fingerprint density at radius 2 is 1.79 bits per heavy atom. The maximum absolute atomic E-state index is 11.8. The van der Waals surface area contributed by atoms with Gasteiger partial charge in [-0.2, -0.15) is 13.2 Å². The number of rotatable bonds is 7. The minimum absolute atomic E-state index is 0.0438. The van der Waals surface area contributed by atoms with Crippen molar-refractivity contribution in [2.24, 2.45) is 0 Å². The number of benzene rings is 1. The van der Waals surface area contributed by atoms with E-state index in [4.69, 9.17) is 4.74 Å². The van der Waals surface area contributed by atoms with E-state index in [9.17, 15) is 18.0 Å². The van der Waals surface area contributed by atoms with Gasteiger partial charge >= 0.3 is 6.18 Å². The van der Waals surface area contributed by atoms with Crippen LogP contribution in [0, 0.1) is 0 Å². The van der Waals surface area contributed by atoms with Gasteiger partial charge < -0.3 is 9.47 Å². The molecule has 0 aliphatic carbocycles. The summed E-state index contributed by atoms with van der Waals surface area (Å²) in [6, 6.07) is 6.82. The van der Waals surface area contributed by atoms with Crippen LogP contribution in [0.15, 0.2) is 24.3 Å². The molecular weight excluding hydrogens is 261 g/mol. The predicted octanol–water partition coefficient (Wildman–Crippen LogP) is 2.78. The smallest absolute Gasteiger partial charge is 0.411 e. The average Bonchev–Trinajstić information content (AvgIpc) is 2.28. The predicted molar refractivity (Wildman–Crippen MR) is 63.2 cm³/mol. The van der Waals surface area contributed by atoms with E-state index in [1.54, 1.807) is 24.3 Å². The number of alkyl halides is 3. The van der Waals surface area contributed by atoms with Crippen molar-refractivity contribution < 1.29 is 27.4 Å². The van der Waals surface area contributed by atoms with Gasteiger partial charge in [-0.25, -0.2) is 0 Å². The van der Waals surface area contributed by atoms with Crippen molar-refractivity contribution in [3.63, 3.8) is 0 Å². The van der Waals surface area contributed by atoms with Crippen LogP contribution in [0.3, 0.4) is 0 Å². The van der Waals surface area contributed by atoms with Crippen molar-refractivity contribution in [1.29, 1.82) is 0 Å². The van der Waals surface area contributed by atoms with Gasteiger partial charge in [0.2, 0.25) is 0 Å². The molecule has 1 rings (SSSR count). The molecule has 0 saturated carbocycles. The van der Waals surface area contributed by atoms with E-state index in [2.05, 4.69) is 4.74 Å². The fourth-order valence-electron chi connectivity index (χ4n) is 1.40. The van der Waals surface area contributed by atoms with Crippen LogP contribution in [0.1, 0.15) is 12.5 Å². The molecule has 3 nitrogen and oxygen atoms in total. The zero-order valence-corrected chi connectivity index (χ0v) is 10.5. The van der Waals surface area contributed by atoms with Crippen molar-refractivity contribution in [1.82, 2.24) is 0 Å². The first-order valence-electron chi connectivity index (χ1n) is 5.72. The molecule has 1 aromatic rings. The summed E-state index contributed by atoms with van der Waals surface area (Å²) in [5.74, 6) is 0.595. The van der Waals surface area contributed by atoms with Gasteiger partial charge in [0.15, 0.2) is 0 Å². The van der Waals surface area contributed by atoms with Gasteiger partial charge in [-0.15, -0.1) is 0 Å². The molecule has 0 atom stereocenters. The topological polar surface area (TPSA) is 35.5 Å². The van der Waals surface area contributed by atoms with Gasteiger partial charge in [0.05, 0.1) is 6.61 Å². The number of ketones is 1. The normalized spacial score (nSPS) is 11.4. The molecule has 6 heteroatoms. The van der Waals surface area contributed by atoms with Crippen LogP contribution < -0.4 is 4.74 Å². The third-order valence-corrected chi connectivity index (χ3v) is 2.14. The maximum atomic E-state index is 11.8. The van der Waals surface area contributed by atoms with E-state index in [0.29, 0.717) is 12.2 Å². The highest BCUT2D eigenvalue weighted by Gasteiger charge is 2.27. The summed E-state index contributed by atoms with van der Waals surface area (Å²) in [6.45, 7) is 0.146. The molecule has 106 valence electrons. The lowest BCUT2D eigenvalue weighted by atomic mass is 10.1. The quantitative estimate of drug-likeness (QED) is 0.718. The molecule has 0 heterocycles. The van der Waals surface area contributed by atoms with Crippen molar-refractivity contribution in [3.8, 4) is 5.75 Å². The molecule has 0 radical (unpaired) electrons. The molecule has 0 unspecified atom stereocenters. The lowest BCUT2D eigenvalue weighted by molar-refractivity contribution is -0.175. The second-order valence-corrected chi connectivity index (χ2v) is 4.04. The van der Waals surface area contributed by atoms with Gasteiger partial charge in [-0.05, 0) is 24.6 Å². The van der Waals surface area contributed by atoms with E-state index in [1.165, 1.54) is 6.92 Å². The Morgan fingerprint density at radius 3 is 2.32 bits per heavy atom. The summed E-state index contributed by atoms with van der Waals surface area (Å²) in [4.78, 5) is 10.9. The van der Waals surface area contributed by atoms with Crippen LogP contribution in [0.5, 0.6) is 5.75 Å². The third kappa shape index (κ3) is 7.46. The maximum Gasteiger partial charge on any atom is 0.411 e. The molecule has 0 spiro atoms. The van der Waals surface area contributed by atoms with E-state index in [-0.39, 0.29) is 19.0 Å². The van der Waals surface area contributed by atoms with E-state index in [1.807, 2.05) is 0 Å². The Kier molecular flexibility index (Phi) is 5.82. The molecule has 0 bridgehead atoms. The van der Waals surface area contributed by atoms with E-state index in [0.717, 1.165) is 5.56 Å². The van der Waals surface area contributed by atoms with Crippen LogP contribution in [-0.2, 0) is 16.0 Å². The molecule has 19 heavy (non-hydrogen) atoms. The second kappa shape index (κ2) is 7.13. The Morgan fingerprint density at radius 1 is 1.16 bits per heavy atom. The lowest BCUT2D eigenvalue weighted by Crippen LogP contribution is -2.19. The minimum atomic E-state index is -4.31. The first kappa shape index (κ1) is 15.5. The Labute approximate surface area is 109 Å². The molecule has 1 aromatic carbocycles. The van der Waals surface area contributed by atoms with Crippen LogP contribution in [0.2, 0.25) is 0 Å². The van der Waals surface area contributed by atoms with Crippen molar-refractivity contribution in [3.05, 3.63) is 29.8 Å².